The van der Waals surface area contributed by atoms with Crippen LogP contribution < -0.4 is 26.6 Å². The molecule has 0 aliphatic carbocycles. The monoisotopic (exact) mass is 645 g/mol. The molecule has 0 unspecified atom stereocenters. The van der Waals surface area contributed by atoms with Gasteiger partial charge in [0.05, 0.1) is 0 Å². The van der Waals surface area contributed by atoms with Gasteiger partial charge in [0.25, 0.3) is 0 Å². The molecule has 1 aromatic rings. The molecule has 5 amide bonds. The average molecular weight is 646 g/mol. The highest BCUT2D eigenvalue weighted by molar-refractivity contribution is 5.92. The van der Waals surface area contributed by atoms with Crippen molar-refractivity contribution in [2.24, 2.45) is 23.7 Å². The number of carbonyl (C=O) groups is 5. The van der Waals surface area contributed by atoms with Gasteiger partial charge < -0.3 is 31.3 Å². The molecule has 1 rings (SSSR count). The van der Waals surface area contributed by atoms with Crippen LogP contribution >= 0.6 is 0 Å². The van der Waals surface area contributed by atoms with E-state index in [0.29, 0.717) is 18.9 Å². The lowest BCUT2D eigenvalue weighted by Gasteiger charge is -2.31. The highest BCUT2D eigenvalue weighted by Crippen LogP contribution is 2.16. The molecular formula is C35H59N5O6. The maximum atomic E-state index is 13.7. The minimum Gasteiger partial charge on any atom is -0.444 e. The van der Waals surface area contributed by atoms with Crippen LogP contribution in [0.1, 0.15) is 94.6 Å². The average Bonchev–Trinajstić information content (AvgIpc) is 2.92. The van der Waals surface area contributed by atoms with Crippen molar-refractivity contribution in [2.75, 3.05) is 6.54 Å². The van der Waals surface area contributed by atoms with Crippen molar-refractivity contribution in [3.63, 3.8) is 0 Å². The van der Waals surface area contributed by atoms with Crippen LogP contribution in [0.2, 0.25) is 0 Å². The lowest BCUT2D eigenvalue weighted by atomic mass is 9.91. The molecule has 5 atom stereocenters. The third kappa shape index (κ3) is 15.6. The quantitative estimate of drug-likeness (QED) is 0.172. The maximum absolute atomic E-state index is 13.7. The molecule has 0 radical (unpaired) electrons. The highest BCUT2D eigenvalue weighted by Gasteiger charge is 2.33. The van der Waals surface area contributed by atoms with Crippen LogP contribution in [0.15, 0.2) is 30.3 Å². The molecule has 0 saturated heterocycles. The number of amides is 5. The number of nitrogens with one attached hydrogen (secondary N) is 5. The Kier molecular flexibility index (Phi) is 16.8. The molecule has 11 nitrogen and oxygen atoms in total. The van der Waals surface area contributed by atoms with Gasteiger partial charge in [-0.15, -0.1) is 0 Å². The first-order valence-electron chi connectivity index (χ1n) is 16.5. The first-order valence-corrected chi connectivity index (χ1v) is 16.5. The Balaban J connectivity index is 3.05. The normalized spacial score (nSPS) is 14.9. The maximum Gasteiger partial charge on any atom is 0.408 e. The molecule has 0 saturated carbocycles. The summed E-state index contributed by atoms with van der Waals surface area (Å²) in [5.74, 6) is -1.83. The number of hydrogen-bond acceptors (Lipinski definition) is 6. The second-order valence-corrected chi connectivity index (χ2v) is 14.3. The SMILES string of the molecule is CC(C)CCNC(=O)[C@H](C)NC(=O)C[C@H](C)[C@@H](Cc1ccccc1)NC(=O)[C@@H](NC(=O)[C@@H](NC(=O)OC(C)(C)C)C(C)C)C(C)C. The van der Waals surface area contributed by atoms with Crippen LogP contribution in [-0.4, -0.2) is 66.0 Å². The van der Waals surface area contributed by atoms with Crippen molar-refractivity contribution in [2.45, 2.75) is 125 Å². The first-order chi connectivity index (χ1) is 21.3. The third-order valence-corrected chi connectivity index (χ3v) is 7.48. The molecule has 0 aliphatic rings. The van der Waals surface area contributed by atoms with E-state index in [1.165, 1.54) is 0 Å². The second kappa shape index (κ2) is 19.1. The lowest BCUT2D eigenvalue weighted by Crippen LogP contribution is -2.58. The summed E-state index contributed by atoms with van der Waals surface area (Å²) in [5.41, 5.74) is 0.242. The van der Waals surface area contributed by atoms with Crippen LogP contribution in [0, 0.1) is 23.7 Å². The Labute approximate surface area is 276 Å². The van der Waals surface area contributed by atoms with E-state index in [4.69, 9.17) is 4.74 Å². The summed E-state index contributed by atoms with van der Waals surface area (Å²) >= 11 is 0. The van der Waals surface area contributed by atoms with Gasteiger partial charge in [-0.05, 0) is 69.8 Å². The van der Waals surface area contributed by atoms with Gasteiger partial charge in [-0.2, -0.15) is 0 Å². The molecule has 0 fully saturated rings. The van der Waals surface area contributed by atoms with Gasteiger partial charge in [0, 0.05) is 19.0 Å². The highest BCUT2D eigenvalue weighted by atomic mass is 16.6. The number of alkyl carbamates (subject to hydrolysis) is 1. The summed E-state index contributed by atoms with van der Waals surface area (Å²) in [6, 6.07) is 6.66. The van der Waals surface area contributed by atoms with Crippen LogP contribution in [0.4, 0.5) is 4.79 Å². The first kappa shape index (κ1) is 40.4. The van der Waals surface area contributed by atoms with E-state index in [0.717, 1.165) is 12.0 Å². The van der Waals surface area contributed by atoms with E-state index in [1.807, 2.05) is 51.1 Å². The fourth-order valence-corrected chi connectivity index (χ4v) is 4.72. The second-order valence-electron chi connectivity index (χ2n) is 14.3. The molecule has 46 heavy (non-hydrogen) atoms. The zero-order valence-electron chi connectivity index (χ0n) is 29.8. The predicted octanol–water partition coefficient (Wildman–Crippen LogP) is 4.10. The molecule has 0 spiro atoms. The Morgan fingerprint density at radius 1 is 0.717 bits per heavy atom. The molecule has 0 heterocycles. The minimum atomic E-state index is -0.920. The van der Waals surface area contributed by atoms with Gasteiger partial charge in [-0.25, -0.2) is 4.79 Å². The molecular weight excluding hydrogens is 586 g/mol. The number of benzene rings is 1. The zero-order chi connectivity index (χ0) is 35.2. The molecule has 260 valence electrons. The summed E-state index contributed by atoms with van der Waals surface area (Å²) in [7, 11) is 0. The Bertz CT molecular complexity index is 1130. The van der Waals surface area contributed by atoms with E-state index >= 15 is 0 Å². The number of ether oxygens (including phenoxy) is 1. The third-order valence-electron chi connectivity index (χ3n) is 7.48. The fourth-order valence-electron chi connectivity index (χ4n) is 4.72. The van der Waals surface area contributed by atoms with Crippen molar-refractivity contribution < 1.29 is 28.7 Å². The van der Waals surface area contributed by atoms with Gasteiger partial charge in [0.2, 0.25) is 23.6 Å². The Morgan fingerprint density at radius 3 is 1.78 bits per heavy atom. The van der Waals surface area contributed by atoms with Crippen LogP contribution in [-0.2, 0) is 30.3 Å². The zero-order valence-corrected chi connectivity index (χ0v) is 29.8. The largest absolute Gasteiger partial charge is 0.444 e. The number of hydrogen-bond donors (Lipinski definition) is 5. The topological polar surface area (TPSA) is 155 Å². The van der Waals surface area contributed by atoms with Crippen LogP contribution in [0.25, 0.3) is 0 Å². The van der Waals surface area contributed by atoms with Gasteiger partial charge in [-0.3, -0.25) is 19.2 Å². The van der Waals surface area contributed by atoms with Crippen molar-refractivity contribution in [1.82, 2.24) is 26.6 Å². The summed E-state index contributed by atoms with van der Waals surface area (Å²) in [6.07, 6.45) is 0.666. The Morgan fingerprint density at radius 2 is 1.26 bits per heavy atom. The molecule has 1 aromatic carbocycles. The predicted molar refractivity (Wildman–Crippen MR) is 181 cm³/mol. The number of rotatable bonds is 17. The standard InChI is InChI=1S/C35H59N5O6/c1-21(2)17-18-36-31(42)25(8)37-28(41)19-24(7)27(20-26-15-13-12-14-16-26)38-32(43)29(22(3)4)39-33(44)30(23(5)6)40-34(45)46-35(9,10)11/h12-16,21-25,27,29-30H,17-20H2,1-11H3,(H,36,42)(H,37,41)(H,38,43)(H,39,44)(H,40,45)/t24-,25-,27+,29-,30-/m0/s1. The van der Waals surface area contributed by atoms with Crippen molar-refractivity contribution in [3.8, 4) is 0 Å². The summed E-state index contributed by atoms with van der Waals surface area (Å²) in [4.78, 5) is 65.0. The molecule has 0 aliphatic heterocycles. The van der Waals surface area contributed by atoms with E-state index in [2.05, 4.69) is 40.4 Å². The lowest BCUT2D eigenvalue weighted by molar-refractivity contribution is -0.132. The summed E-state index contributed by atoms with van der Waals surface area (Å²) in [6.45, 7) is 20.7. The minimum absolute atomic E-state index is 0.0787. The number of carbonyl (C=O) groups excluding carboxylic acids is 5. The van der Waals surface area contributed by atoms with E-state index in [1.54, 1.807) is 41.5 Å². The van der Waals surface area contributed by atoms with Crippen LogP contribution in [0.3, 0.4) is 0 Å². The van der Waals surface area contributed by atoms with Crippen molar-refractivity contribution >= 4 is 29.7 Å². The van der Waals surface area contributed by atoms with E-state index in [9.17, 15) is 24.0 Å². The molecule has 5 N–H and O–H groups in total. The van der Waals surface area contributed by atoms with E-state index in [-0.39, 0.29) is 36.0 Å². The van der Waals surface area contributed by atoms with Crippen molar-refractivity contribution in [1.29, 1.82) is 0 Å². The van der Waals surface area contributed by atoms with Gasteiger partial charge in [0.15, 0.2) is 0 Å². The van der Waals surface area contributed by atoms with Gasteiger partial charge >= 0.3 is 6.09 Å². The van der Waals surface area contributed by atoms with Crippen molar-refractivity contribution in [3.05, 3.63) is 35.9 Å². The smallest absolute Gasteiger partial charge is 0.408 e. The van der Waals surface area contributed by atoms with Gasteiger partial charge in [-0.1, -0.05) is 78.8 Å². The molecule has 0 bridgehead atoms. The fraction of sp³-hybridized carbons (Fsp3) is 0.686. The van der Waals surface area contributed by atoms with E-state index < -0.39 is 47.7 Å². The summed E-state index contributed by atoms with van der Waals surface area (Å²) < 4.78 is 5.33. The Hall–Kier alpha value is -3.63. The molecule has 11 heteroatoms. The summed E-state index contributed by atoms with van der Waals surface area (Å²) in [5, 5.41) is 14.2. The molecule has 0 aromatic heterocycles. The van der Waals surface area contributed by atoms with Gasteiger partial charge in [0.1, 0.15) is 23.7 Å². The van der Waals surface area contributed by atoms with Crippen LogP contribution in [0.5, 0.6) is 0 Å².